The molecular formula is C22H27N7. The minimum absolute atomic E-state index is 0.305. The highest BCUT2D eigenvalue weighted by Crippen LogP contribution is 2.30. The van der Waals surface area contributed by atoms with Gasteiger partial charge in [0.25, 0.3) is 0 Å². The smallest absolute Gasteiger partial charge is 0.135 e. The molecule has 4 rings (SSSR count). The van der Waals surface area contributed by atoms with Gasteiger partial charge < -0.3 is 10.2 Å². The highest BCUT2D eigenvalue weighted by Gasteiger charge is 2.28. The van der Waals surface area contributed by atoms with E-state index >= 15 is 0 Å². The van der Waals surface area contributed by atoms with Crippen LogP contribution < -0.4 is 5.32 Å². The zero-order valence-corrected chi connectivity index (χ0v) is 17.2. The Bertz CT molecular complexity index is 960. The number of hydrogen-bond donors (Lipinski definition) is 1. The lowest BCUT2D eigenvalue weighted by Crippen LogP contribution is -2.41. The van der Waals surface area contributed by atoms with Crippen LogP contribution in [-0.4, -0.2) is 49.0 Å². The molecule has 29 heavy (non-hydrogen) atoms. The molecule has 2 atom stereocenters. The second-order valence-electron chi connectivity index (χ2n) is 7.67. The summed E-state index contributed by atoms with van der Waals surface area (Å²) in [5.74, 6) is 1.92. The first-order chi connectivity index (χ1) is 14.1. The Kier molecular flexibility index (Phi) is 5.76. The molecule has 3 aromatic heterocycles. The van der Waals surface area contributed by atoms with Crippen LogP contribution in [0.1, 0.15) is 44.0 Å². The topological polar surface area (TPSA) is 79.7 Å². The van der Waals surface area contributed by atoms with Crippen molar-refractivity contribution in [2.24, 2.45) is 0 Å². The van der Waals surface area contributed by atoms with E-state index in [2.05, 4.69) is 45.1 Å². The van der Waals surface area contributed by atoms with Crippen LogP contribution in [0, 0.1) is 6.92 Å². The number of piperidine rings is 1. The lowest BCUT2D eigenvalue weighted by Gasteiger charge is -2.36. The first kappa shape index (κ1) is 19.4. The van der Waals surface area contributed by atoms with Crippen molar-refractivity contribution < 1.29 is 0 Å². The minimum Gasteiger partial charge on any atom is -0.339 e. The summed E-state index contributed by atoms with van der Waals surface area (Å²) in [5, 5.41) is 3.39. The third-order valence-electron chi connectivity index (χ3n) is 5.50. The number of likely N-dealkylation sites (N-methyl/N-ethyl adjacent to an activating group) is 1. The number of aryl methyl sites for hydroxylation is 1. The third kappa shape index (κ3) is 4.56. The van der Waals surface area contributed by atoms with Gasteiger partial charge in [0.15, 0.2) is 0 Å². The maximum Gasteiger partial charge on any atom is 0.135 e. The summed E-state index contributed by atoms with van der Waals surface area (Å²) in [6.45, 7) is 8.56. The van der Waals surface area contributed by atoms with Crippen LogP contribution in [0.2, 0.25) is 0 Å². The molecule has 4 heterocycles. The molecule has 0 saturated carbocycles. The van der Waals surface area contributed by atoms with Gasteiger partial charge in [-0.15, -0.1) is 0 Å². The van der Waals surface area contributed by atoms with E-state index < -0.39 is 0 Å². The van der Waals surface area contributed by atoms with Crippen molar-refractivity contribution in [1.29, 1.82) is 0 Å². The number of nitrogens with one attached hydrogen (secondary N) is 1. The Balaban J connectivity index is 1.70. The zero-order chi connectivity index (χ0) is 20.2. The first-order valence-corrected chi connectivity index (χ1v) is 10.2. The molecule has 3 aromatic rings. The van der Waals surface area contributed by atoms with Gasteiger partial charge in [-0.25, -0.2) is 9.97 Å². The van der Waals surface area contributed by atoms with E-state index in [-0.39, 0.29) is 0 Å². The largest absolute Gasteiger partial charge is 0.339 e. The van der Waals surface area contributed by atoms with E-state index in [0.29, 0.717) is 12.0 Å². The van der Waals surface area contributed by atoms with Crippen LogP contribution in [0.15, 0.2) is 43.1 Å². The maximum atomic E-state index is 4.88. The molecule has 0 bridgehead atoms. The van der Waals surface area contributed by atoms with E-state index in [0.717, 1.165) is 60.2 Å². The maximum absolute atomic E-state index is 4.88. The Morgan fingerprint density at radius 3 is 2.69 bits per heavy atom. The Hall–Kier alpha value is -2.93. The van der Waals surface area contributed by atoms with E-state index in [1.807, 2.05) is 19.2 Å². The van der Waals surface area contributed by atoms with Crippen LogP contribution in [0.3, 0.4) is 0 Å². The van der Waals surface area contributed by atoms with Crippen molar-refractivity contribution in [2.45, 2.75) is 45.6 Å². The molecule has 150 valence electrons. The van der Waals surface area contributed by atoms with Gasteiger partial charge in [0.2, 0.25) is 0 Å². The number of pyridine rings is 1. The van der Waals surface area contributed by atoms with E-state index in [9.17, 15) is 0 Å². The first-order valence-electron chi connectivity index (χ1n) is 10.2. The van der Waals surface area contributed by atoms with Gasteiger partial charge >= 0.3 is 0 Å². The summed E-state index contributed by atoms with van der Waals surface area (Å²) >= 11 is 0. The summed E-state index contributed by atoms with van der Waals surface area (Å²) in [4.78, 5) is 25.2. The van der Waals surface area contributed by atoms with Gasteiger partial charge in [0.05, 0.1) is 23.8 Å². The Labute approximate surface area is 171 Å². The van der Waals surface area contributed by atoms with Gasteiger partial charge in [-0.1, -0.05) is 6.92 Å². The molecule has 1 N–H and O–H groups in total. The van der Waals surface area contributed by atoms with Crippen molar-refractivity contribution in [3.8, 4) is 11.4 Å². The average molecular weight is 390 g/mol. The standard InChI is InChI=1S/C22H27N7/c1-4-29-14-17(6-5-16(29)3)22-27-19(20-13-23-7-8-25-20)10-21(28-22)26-18-9-15(2)11-24-12-18/h7-13,16-17H,4-6,14H2,1-3H3,(H,26,27,28)/t16-,17+/m1/s1. The summed E-state index contributed by atoms with van der Waals surface area (Å²) in [6, 6.07) is 4.59. The van der Waals surface area contributed by atoms with E-state index in [4.69, 9.17) is 9.97 Å². The van der Waals surface area contributed by atoms with Gasteiger partial charge in [-0.2, -0.15) is 0 Å². The monoisotopic (exact) mass is 389 g/mol. The summed E-state index contributed by atoms with van der Waals surface area (Å²) in [7, 11) is 0. The molecule has 0 spiro atoms. The predicted molar refractivity (Wildman–Crippen MR) is 114 cm³/mol. The normalized spacial score (nSPS) is 19.8. The fourth-order valence-electron chi connectivity index (χ4n) is 3.88. The Morgan fingerprint density at radius 2 is 1.93 bits per heavy atom. The van der Waals surface area contributed by atoms with Crippen molar-refractivity contribution in [1.82, 2.24) is 29.8 Å². The highest BCUT2D eigenvalue weighted by atomic mass is 15.2. The molecule has 1 aliphatic heterocycles. The van der Waals surface area contributed by atoms with Crippen molar-refractivity contribution in [3.63, 3.8) is 0 Å². The molecule has 0 amide bonds. The lowest BCUT2D eigenvalue weighted by atomic mass is 9.92. The van der Waals surface area contributed by atoms with Crippen LogP contribution in [-0.2, 0) is 0 Å². The second-order valence-corrected chi connectivity index (χ2v) is 7.67. The number of aromatic nitrogens is 5. The minimum atomic E-state index is 0.305. The van der Waals surface area contributed by atoms with Gasteiger partial charge in [0.1, 0.15) is 17.3 Å². The number of anilines is 2. The average Bonchev–Trinajstić information content (AvgIpc) is 2.74. The zero-order valence-electron chi connectivity index (χ0n) is 17.2. The molecule has 1 saturated heterocycles. The predicted octanol–water partition coefficient (Wildman–Crippen LogP) is 3.97. The summed E-state index contributed by atoms with van der Waals surface area (Å²) in [5.41, 5.74) is 3.54. The van der Waals surface area contributed by atoms with E-state index in [1.165, 1.54) is 0 Å². The van der Waals surface area contributed by atoms with Gasteiger partial charge in [-0.05, 0) is 44.9 Å². The number of hydrogen-bond acceptors (Lipinski definition) is 7. The van der Waals surface area contributed by atoms with E-state index in [1.54, 1.807) is 24.8 Å². The van der Waals surface area contributed by atoms with Crippen molar-refractivity contribution >= 4 is 11.5 Å². The number of nitrogens with zero attached hydrogens (tertiary/aromatic N) is 6. The van der Waals surface area contributed by atoms with Crippen molar-refractivity contribution in [2.75, 3.05) is 18.4 Å². The molecule has 0 radical (unpaired) electrons. The second kappa shape index (κ2) is 8.61. The van der Waals surface area contributed by atoms with Crippen LogP contribution in [0.25, 0.3) is 11.4 Å². The molecule has 7 heteroatoms. The fraction of sp³-hybridized carbons (Fsp3) is 0.409. The van der Waals surface area contributed by atoms with Crippen molar-refractivity contribution in [3.05, 3.63) is 54.5 Å². The van der Waals surface area contributed by atoms with Gasteiger partial charge in [-0.3, -0.25) is 15.0 Å². The molecular weight excluding hydrogens is 362 g/mol. The highest BCUT2D eigenvalue weighted by molar-refractivity contribution is 5.62. The quantitative estimate of drug-likeness (QED) is 0.707. The molecule has 7 nitrogen and oxygen atoms in total. The Morgan fingerprint density at radius 1 is 1.03 bits per heavy atom. The van der Waals surface area contributed by atoms with Crippen LogP contribution in [0.4, 0.5) is 11.5 Å². The fourth-order valence-corrected chi connectivity index (χ4v) is 3.88. The molecule has 1 fully saturated rings. The molecule has 0 aromatic carbocycles. The van der Waals surface area contributed by atoms with Gasteiger partial charge in [0, 0.05) is 43.2 Å². The van der Waals surface area contributed by atoms with Crippen LogP contribution >= 0.6 is 0 Å². The SMILES string of the molecule is CCN1C[C@@H](c2nc(Nc3cncc(C)c3)cc(-c3cnccn3)n2)CC[C@H]1C. The molecule has 1 aliphatic rings. The number of likely N-dealkylation sites (tertiary alicyclic amines) is 1. The molecule has 0 unspecified atom stereocenters. The summed E-state index contributed by atoms with van der Waals surface area (Å²) < 4.78 is 0. The third-order valence-corrected chi connectivity index (χ3v) is 5.50. The van der Waals surface area contributed by atoms with Crippen LogP contribution in [0.5, 0.6) is 0 Å². The molecule has 0 aliphatic carbocycles. The lowest BCUT2D eigenvalue weighted by molar-refractivity contribution is 0.149. The number of rotatable bonds is 5. The summed E-state index contributed by atoms with van der Waals surface area (Å²) in [6.07, 6.45) is 11.0.